The van der Waals surface area contributed by atoms with Gasteiger partial charge in [0.25, 0.3) is 0 Å². The van der Waals surface area contributed by atoms with Crippen molar-refractivity contribution >= 4 is 11.9 Å². The Morgan fingerprint density at radius 2 is 2.25 bits per heavy atom. The molecule has 0 aromatic carbocycles. The second-order valence-electron chi connectivity index (χ2n) is 4.26. The van der Waals surface area contributed by atoms with Gasteiger partial charge in [-0.05, 0) is 39.3 Å². The van der Waals surface area contributed by atoms with Gasteiger partial charge in [-0.1, -0.05) is 6.92 Å². The van der Waals surface area contributed by atoms with E-state index in [-0.39, 0.29) is 11.9 Å². The van der Waals surface area contributed by atoms with Gasteiger partial charge in [-0.15, -0.1) is 0 Å². The molecule has 16 heavy (non-hydrogen) atoms. The molecule has 5 nitrogen and oxygen atoms in total. The fourth-order valence-corrected chi connectivity index (χ4v) is 2.05. The minimum atomic E-state index is -0.992. The van der Waals surface area contributed by atoms with Crippen LogP contribution in [0.1, 0.15) is 33.1 Å². The molecule has 1 saturated heterocycles. The molecular weight excluding hydrogens is 208 g/mol. The molecule has 0 radical (unpaired) electrons. The molecule has 92 valence electrons. The maximum Gasteiger partial charge on any atom is 0.325 e. The third-order valence-electron chi connectivity index (χ3n) is 2.91. The molecule has 0 saturated carbocycles. The van der Waals surface area contributed by atoms with Gasteiger partial charge in [0.1, 0.15) is 6.04 Å². The molecule has 0 aromatic heterocycles. The number of hydrogen-bond donors (Lipinski definition) is 2. The van der Waals surface area contributed by atoms with E-state index in [0.717, 1.165) is 32.4 Å². The van der Waals surface area contributed by atoms with Crippen LogP contribution in [0.3, 0.4) is 0 Å². The van der Waals surface area contributed by atoms with E-state index in [1.807, 2.05) is 0 Å². The lowest BCUT2D eigenvalue weighted by Gasteiger charge is -2.23. The molecule has 5 heteroatoms. The van der Waals surface area contributed by atoms with Crippen LogP contribution in [-0.4, -0.2) is 47.1 Å². The number of likely N-dealkylation sites (tertiary alicyclic amines) is 1. The van der Waals surface area contributed by atoms with Crippen LogP contribution in [0.2, 0.25) is 0 Å². The molecule has 0 aromatic rings. The normalized spacial score (nSPS) is 23.0. The Morgan fingerprint density at radius 3 is 2.81 bits per heavy atom. The van der Waals surface area contributed by atoms with Crippen LogP contribution in [0.15, 0.2) is 0 Å². The van der Waals surface area contributed by atoms with E-state index >= 15 is 0 Å². The quantitative estimate of drug-likeness (QED) is 0.717. The number of carbonyl (C=O) groups excluding carboxylic acids is 1. The maximum atomic E-state index is 11.8. The Balaban J connectivity index is 2.49. The summed E-state index contributed by atoms with van der Waals surface area (Å²) in [6.45, 7) is 5.40. The van der Waals surface area contributed by atoms with Gasteiger partial charge < -0.3 is 10.4 Å². The first-order valence-electron chi connectivity index (χ1n) is 5.83. The van der Waals surface area contributed by atoms with Gasteiger partial charge in [0.05, 0.1) is 6.04 Å². The van der Waals surface area contributed by atoms with E-state index in [0.29, 0.717) is 0 Å². The summed E-state index contributed by atoms with van der Waals surface area (Å²) < 4.78 is 0. The van der Waals surface area contributed by atoms with Crippen molar-refractivity contribution in [2.45, 2.75) is 45.2 Å². The molecule has 1 rings (SSSR count). The van der Waals surface area contributed by atoms with Crippen molar-refractivity contribution in [1.29, 1.82) is 0 Å². The number of hydrogen-bond acceptors (Lipinski definition) is 3. The predicted molar refractivity (Wildman–Crippen MR) is 60.1 cm³/mol. The third kappa shape index (κ3) is 3.20. The average molecular weight is 228 g/mol. The van der Waals surface area contributed by atoms with E-state index in [2.05, 4.69) is 17.1 Å². The summed E-state index contributed by atoms with van der Waals surface area (Å²) in [5.74, 6) is -1.14. The average Bonchev–Trinajstić information content (AvgIpc) is 2.66. The van der Waals surface area contributed by atoms with Crippen LogP contribution >= 0.6 is 0 Å². The monoisotopic (exact) mass is 228 g/mol. The lowest BCUT2D eigenvalue weighted by molar-refractivity contribution is -0.142. The number of amides is 1. The number of carboxylic acids is 1. The van der Waals surface area contributed by atoms with Gasteiger partial charge in [-0.2, -0.15) is 0 Å². The highest BCUT2D eigenvalue weighted by Crippen LogP contribution is 2.17. The number of aliphatic carboxylic acids is 1. The number of nitrogens with one attached hydrogen (secondary N) is 1. The molecule has 1 unspecified atom stereocenters. The summed E-state index contributed by atoms with van der Waals surface area (Å²) in [6, 6.07) is -0.946. The van der Waals surface area contributed by atoms with E-state index in [1.165, 1.54) is 6.92 Å². The molecular formula is C11H20N2O3. The highest BCUT2D eigenvalue weighted by molar-refractivity contribution is 5.86. The Labute approximate surface area is 95.8 Å². The maximum absolute atomic E-state index is 11.8. The fraction of sp³-hybridized carbons (Fsp3) is 0.818. The molecule has 0 bridgehead atoms. The first-order valence-corrected chi connectivity index (χ1v) is 5.83. The van der Waals surface area contributed by atoms with Crippen molar-refractivity contribution < 1.29 is 14.7 Å². The van der Waals surface area contributed by atoms with Gasteiger partial charge in [-0.3, -0.25) is 14.5 Å². The van der Waals surface area contributed by atoms with Crippen molar-refractivity contribution in [2.24, 2.45) is 0 Å². The van der Waals surface area contributed by atoms with Gasteiger partial charge in [0.2, 0.25) is 5.91 Å². The Bertz CT molecular complexity index is 268. The molecule has 0 aliphatic carbocycles. The van der Waals surface area contributed by atoms with Crippen LogP contribution in [0.25, 0.3) is 0 Å². The fourth-order valence-electron chi connectivity index (χ4n) is 2.05. The lowest BCUT2D eigenvalue weighted by atomic mass is 10.2. The van der Waals surface area contributed by atoms with Crippen molar-refractivity contribution in [3.8, 4) is 0 Å². The zero-order chi connectivity index (χ0) is 12.1. The molecule has 2 N–H and O–H groups in total. The second kappa shape index (κ2) is 5.84. The summed E-state index contributed by atoms with van der Waals surface area (Å²) in [5.41, 5.74) is 0. The van der Waals surface area contributed by atoms with Crippen molar-refractivity contribution in [1.82, 2.24) is 10.2 Å². The topological polar surface area (TPSA) is 69.6 Å². The summed E-state index contributed by atoms with van der Waals surface area (Å²) >= 11 is 0. The molecule has 0 spiro atoms. The molecule has 2 atom stereocenters. The highest BCUT2D eigenvalue weighted by atomic mass is 16.4. The van der Waals surface area contributed by atoms with E-state index in [4.69, 9.17) is 5.11 Å². The molecule has 1 amide bonds. The van der Waals surface area contributed by atoms with Gasteiger partial charge in [0.15, 0.2) is 0 Å². The molecule has 1 fully saturated rings. The molecule has 1 aliphatic rings. The van der Waals surface area contributed by atoms with Gasteiger partial charge in [0, 0.05) is 0 Å². The SMILES string of the molecule is CCCN1CCCC1C(=O)N[C@@H](C)C(=O)O. The summed E-state index contributed by atoms with van der Waals surface area (Å²) in [4.78, 5) is 24.6. The number of carboxylic acid groups (broad SMARTS) is 1. The van der Waals surface area contributed by atoms with Crippen LogP contribution in [0.5, 0.6) is 0 Å². The standard InChI is InChI=1S/C11H20N2O3/c1-3-6-13-7-4-5-9(13)10(14)12-8(2)11(15)16/h8-9H,3-7H2,1-2H3,(H,12,14)(H,15,16)/t8-,9?/m0/s1. The second-order valence-corrected chi connectivity index (χ2v) is 4.26. The largest absolute Gasteiger partial charge is 0.480 e. The molecule has 1 aliphatic heterocycles. The number of nitrogens with zero attached hydrogens (tertiary/aromatic N) is 1. The zero-order valence-electron chi connectivity index (χ0n) is 9.90. The summed E-state index contributed by atoms with van der Waals surface area (Å²) in [7, 11) is 0. The van der Waals surface area contributed by atoms with E-state index in [1.54, 1.807) is 0 Å². The van der Waals surface area contributed by atoms with Crippen LogP contribution < -0.4 is 5.32 Å². The number of carbonyl (C=O) groups is 2. The minimum absolute atomic E-state index is 0.137. The van der Waals surface area contributed by atoms with Crippen LogP contribution in [0, 0.1) is 0 Å². The minimum Gasteiger partial charge on any atom is -0.480 e. The van der Waals surface area contributed by atoms with Gasteiger partial charge in [-0.25, -0.2) is 0 Å². The summed E-state index contributed by atoms with van der Waals surface area (Å²) in [6.07, 6.45) is 2.86. The van der Waals surface area contributed by atoms with E-state index < -0.39 is 12.0 Å². The van der Waals surface area contributed by atoms with Gasteiger partial charge >= 0.3 is 5.97 Å². The Hall–Kier alpha value is -1.10. The Morgan fingerprint density at radius 1 is 1.56 bits per heavy atom. The van der Waals surface area contributed by atoms with Crippen molar-refractivity contribution in [3.63, 3.8) is 0 Å². The third-order valence-corrected chi connectivity index (χ3v) is 2.91. The predicted octanol–water partition coefficient (Wildman–Crippen LogP) is 0.450. The number of rotatable bonds is 5. The smallest absolute Gasteiger partial charge is 0.325 e. The first-order chi connectivity index (χ1) is 7.56. The molecule has 1 heterocycles. The zero-order valence-corrected chi connectivity index (χ0v) is 9.90. The van der Waals surface area contributed by atoms with Crippen LogP contribution in [0.4, 0.5) is 0 Å². The first kappa shape index (κ1) is 13.0. The van der Waals surface area contributed by atoms with Crippen LogP contribution in [-0.2, 0) is 9.59 Å². The van der Waals surface area contributed by atoms with E-state index in [9.17, 15) is 9.59 Å². The highest BCUT2D eigenvalue weighted by Gasteiger charge is 2.31. The van der Waals surface area contributed by atoms with Crippen molar-refractivity contribution in [2.75, 3.05) is 13.1 Å². The summed E-state index contributed by atoms with van der Waals surface area (Å²) in [5, 5.41) is 11.2. The van der Waals surface area contributed by atoms with Crippen molar-refractivity contribution in [3.05, 3.63) is 0 Å². The lowest BCUT2D eigenvalue weighted by Crippen LogP contribution is -2.48. The Kier molecular flexibility index (Phi) is 4.73.